The zero-order chi connectivity index (χ0) is 22.5. The average Bonchev–Trinajstić information content (AvgIpc) is 2.74. The van der Waals surface area contributed by atoms with Crippen LogP contribution in [0.15, 0.2) is 45.6 Å². The summed E-state index contributed by atoms with van der Waals surface area (Å²) in [4.78, 5) is 36.1. The molecule has 0 aliphatic rings. The largest absolute Gasteiger partial charge is 0.497 e. The molecule has 7 nitrogen and oxygen atoms in total. The van der Waals surface area contributed by atoms with E-state index in [2.05, 4.69) is 5.32 Å². The molecule has 0 fully saturated rings. The first-order valence-electron chi connectivity index (χ1n) is 9.29. The molecule has 0 aliphatic heterocycles. The van der Waals surface area contributed by atoms with Crippen LogP contribution in [0.4, 0.5) is 14.5 Å². The number of fused-ring (bicyclic) bond motifs is 1. The molecule has 1 N–H and O–H groups in total. The molecule has 31 heavy (non-hydrogen) atoms. The highest BCUT2D eigenvalue weighted by Crippen LogP contribution is 2.24. The third-order valence-electron chi connectivity index (χ3n) is 4.64. The number of halogens is 2. The van der Waals surface area contributed by atoms with E-state index < -0.39 is 35.7 Å². The molecule has 1 amide bonds. The van der Waals surface area contributed by atoms with Crippen molar-refractivity contribution in [3.8, 4) is 5.75 Å². The predicted molar refractivity (Wildman–Crippen MR) is 108 cm³/mol. The number of anilines is 1. The van der Waals surface area contributed by atoms with E-state index in [1.807, 2.05) is 0 Å². The van der Waals surface area contributed by atoms with Crippen LogP contribution in [0.1, 0.15) is 17.5 Å². The van der Waals surface area contributed by atoms with Crippen molar-refractivity contribution in [1.82, 2.24) is 0 Å². The van der Waals surface area contributed by atoms with Gasteiger partial charge in [-0.15, -0.1) is 0 Å². The summed E-state index contributed by atoms with van der Waals surface area (Å²) in [6.07, 6.45) is -0.0779. The highest BCUT2D eigenvalue weighted by Gasteiger charge is 2.15. The number of nitrogens with one attached hydrogen (secondary N) is 1. The number of hydrogen-bond donors (Lipinski definition) is 1. The second-order valence-corrected chi connectivity index (χ2v) is 6.69. The van der Waals surface area contributed by atoms with Gasteiger partial charge in [-0.05, 0) is 43.2 Å². The molecule has 0 saturated heterocycles. The summed E-state index contributed by atoms with van der Waals surface area (Å²) in [5.41, 5.74) is 0.851. The molecule has 1 aromatic heterocycles. The van der Waals surface area contributed by atoms with E-state index in [1.54, 1.807) is 25.1 Å². The summed E-state index contributed by atoms with van der Waals surface area (Å²) < 4.78 is 41.4. The van der Waals surface area contributed by atoms with Crippen molar-refractivity contribution in [1.29, 1.82) is 0 Å². The second-order valence-electron chi connectivity index (χ2n) is 6.69. The van der Waals surface area contributed by atoms with E-state index in [0.717, 1.165) is 17.5 Å². The minimum Gasteiger partial charge on any atom is -0.497 e. The summed E-state index contributed by atoms with van der Waals surface area (Å²) in [5.74, 6) is -3.02. The summed E-state index contributed by atoms with van der Waals surface area (Å²) in [7, 11) is 1.50. The number of methoxy groups -OCH3 is 1. The van der Waals surface area contributed by atoms with Crippen molar-refractivity contribution in [2.45, 2.75) is 19.8 Å². The van der Waals surface area contributed by atoms with Crippen molar-refractivity contribution in [3.63, 3.8) is 0 Å². The standard InChI is InChI=1S/C22H19F2NO6/c1-12-15-5-4-14(29-2)10-19(15)31-22(28)16(12)6-8-21(27)30-11-20(26)25-13-3-7-17(23)18(24)9-13/h3-5,7,9-10H,6,8,11H2,1-2H3,(H,25,26). The summed E-state index contributed by atoms with van der Waals surface area (Å²) >= 11 is 0. The Morgan fingerprint density at radius 3 is 2.58 bits per heavy atom. The lowest BCUT2D eigenvalue weighted by molar-refractivity contribution is -0.147. The van der Waals surface area contributed by atoms with Crippen LogP contribution in [0.2, 0.25) is 0 Å². The quantitative estimate of drug-likeness (QED) is 0.455. The number of aryl methyl sites for hydroxylation is 1. The van der Waals surface area contributed by atoms with E-state index in [-0.39, 0.29) is 18.5 Å². The van der Waals surface area contributed by atoms with Crippen LogP contribution in [0.25, 0.3) is 11.0 Å². The van der Waals surface area contributed by atoms with Gasteiger partial charge in [0.2, 0.25) is 0 Å². The minimum absolute atomic E-state index is 0.0287. The molecule has 0 spiro atoms. The number of carbonyl (C=O) groups is 2. The highest BCUT2D eigenvalue weighted by molar-refractivity contribution is 5.92. The molecular weight excluding hydrogens is 412 g/mol. The molecule has 0 unspecified atom stereocenters. The van der Waals surface area contributed by atoms with E-state index in [9.17, 15) is 23.2 Å². The van der Waals surface area contributed by atoms with Crippen LogP contribution in [0, 0.1) is 18.6 Å². The molecule has 0 saturated carbocycles. The summed E-state index contributed by atoms with van der Waals surface area (Å²) in [6, 6.07) is 7.95. The molecule has 162 valence electrons. The first-order valence-corrected chi connectivity index (χ1v) is 9.29. The third kappa shape index (κ3) is 5.25. The zero-order valence-electron chi connectivity index (χ0n) is 16.8. The Bertz CT molecular complexity index is 1200. The number of carbonyl (C=O) groups excluding carboxylic acids is 2. The summed E-state index contributed by atoms with van der Waals surface area (Å²) in [6.45, 7) is 1.14. The smallest absolute Gasteiger partial charge is 0.339 e. The normalized spacial score (nSPS) is 10.7. The maximum atomic E-state index is 13.2. The first kappa shape index (κ1) is 21.9. The van der Waals surface area contributed by atoms with Gasteiger partial charge in [0.1, 0.15) is 11.3 Å². The van der Waals surface area contributed by atoms with Gasteiger partial charge in [-0.2, -0.15) is 0 Å². The Balaban J connectivity index is 1.58. The first-order chi connectivity index (χ1) is 14.8. The molecule has 0 radical (unpaired) electrons. The van der Waals surface area contributed by atoms with Crippen LogP contribution in [-0.2, 0) is 20.7 Å². The fraction of sp³-hybridized carbons (Fsp3) is 0.227. The molecule has 2 aromatic carbocycles. The fourth-order valence-corrected chi connectivity index (χ4v) is 3.01. The van der Waals surface area contributed by atoms with Gasteiger partial charge < -0.3 is 19.2 Å². The SMILES string of the molecule is COc1ccc2c(C)c(CCC(=O)OCC(=O)Nc3ccc(F)c(F)c3)c(=O)oc2c1. The molecule has 3 rings (SSSR count). The maximum Gasteiger partial charge on any atom is 0.339 e. The topological polar surface area (TPSA) is 94.8 Å². The van der Waals surface area contributed by atoms with Crippen molar-refractivity contribution >= 4 is 28.5 Å². The fourth-order valence-electron chi connectivity index (χ4n) is 3.01. The van der Waals surface area contributed by atoms with Gasteiger partial charge in [0.05, 0.1) is 7.11 Å². The Morgan fingerprint density at radius 1 is 1.10 bits per heavy atom. The maximum absolute atomic E-state index is 13.2. The van der Waals surface area contributed by atoms with Crippen LogP contribution in [0.3, 0.4) is 0 Å². The van der Waals surface area contributed by atoms with Gasteiger partial charge >= 0.3 is 11.6 Å². The monoisotopic (exact) mass is 431 g/mol. The molecule has 1 heterocycles. The van der Waals surface area contributed by atoms with E-state index in [1.165, 1.54) is 13.2 Å². The van der Waals surface area contributed by atoms with Crippen LogP contribution in [-0.4, -0.2) is 25.6 Å². The Labute approximate surface area is 175 Å². The van der Waals surface area contributed by atoms with Gasteiger partial charge in [0, 0.05) is 35.2 Å². The lowest BCUT2D eigenvalue weighted by Gasteiger charge is -2.09. The number of esters is 1. The molecular formula is C22H19F2NO6. The van der Waals surface area contributed by atoms with Gasteiger partial charge in [0.15, 0.2) is 18.2 Å². The number of hydrogen-bond acceptors (Lipinski definition) is 6. The van der Waals surface area contributed by atoms with Crippen molar-refractivity contribution in [3.05, 3.63) is 69.6 Å². The minimum atomic E-state index is -1.11. The van der Waals surface area contributed by atoms with Gasteiger partial charge in [-0.1, -0.05) is 0 Å². The zero-order valence-corrected chi connectivity index (χ0v) is 16.8. The predicted octanol–water partition coefficient (Wildman–Crippen LogP) is 3.50. The Hall–Kier alpha value is -3.75. The highest BCUT2D eigenvalue weighted by atomic mass is 19.2. The van der Waals surface area contributed by atoms with E-state index in [4.69, 9.17) is 13.9 Å². The van der Waals surface area contributed by atoms with Gasteiger partial charge in [-0.25, -0.2) is 13.6 Å². The van der Waals surface area contributed by atoms with Crippen LogP contribution >= 0.6 is 0 Å². The molecule has 0 bridgehead atoms. The van der Waals surface area contributed by atoms with Gasteiger partial charge in [0.25, 0.3) is 5.91 Å². The van der Waals surface area contributed by atoms with Crippen LogP contribution in [0.5, 0.6) is 5.75 Å². The van der Waals surface area contributed by atoms with Gasteiger partial charge in [-0.3, -0.25) is 9.59 Å². The van der Waals surface area contributed by atoms with Crippen LogP contribution < -0.4 is 15.7 Å². The van der Waals surface area contributed by atoms with Crippen molar-refractivity contribution < 1.29 is 32.3 Å². The average molecular weight is 431 g/mol. The van der Waals surface area contributed by atoms with Crippen molar-refractivity contribution in [2.75, 3.05) is 19.0 Å². The molecule has 3 aromatic rings. The van der Waals surface area contributed by atoms with Crippen molar-refractivity contribution in [2.24, 2.45) is 0 Å². The molecule has 0 atom stereocenters. The lowest BCUT2D eigenvalue weighted by Crippen LogP contribution is -2.21. The Kier molecular flexibility index (Phi) is 6.64. The number of benzene rings is 2. The Morgan fingerprint density at radius 2 is 1.87 bits per heavy atom. The lowest BCUT2D eigenvalue weighted by atomic mass is 10.0. The molecule has 0 aliphatic carbocycles. The van der Waals surface area contributed by atoms with E-state index in [0.29, 0.717) is 22.5 Å². The number of amides is 1. The van der Waals surface area contributed by atoms with E-state index >= 15 is 0 Å². The second kappa shape index (κ2) is 9.38. The number of rotatable bonds is 7. The molecule has 9 heteroatoms. The summed E-state index contributed by atoms with van der Waals surface area (Å²) in [5, 5.41) is 3.01. The number of ether oxygens (including phenoxy) is 2. The third-order valence-corrected chi connectivity index (χ3v) is 4.64.